The topological polar surface area (TPSA) is 38.0 Å². The van der Waals surface area contributed by atoms with Gasteiger partial charge in [-0.25, -0.2) is 4.39 Å². The average molecular weight is 407 g/mol. The summed E-state index contributed by atoms with van der Waals surface area (Å²) in [6.45, 7) is 0. The van der Waals surface area contributed by atoms with Gasteiger partial charge in [-0.2, -0.15) is 0 Å². The highest BCUT2D eigenvalue weighted by Crippen LogP contribution is 2.26. The summed E-state index contributed by atoms with van der Waals surface area (Å²) in [5.74, 6) is -0.267. The highest BCUT2D eigenvalue weighted by Gasteiger charge is 2.06. The van der Waals surface area contributed by atoms with Crippen molar-refractivity contribution in [2.75, 3.05) is 5.32 Å². The number of hydrogen-bond acceptors (Lipinski definition) is 2. The minimum absolute atomic E-state index is 0.257. The summed E-state index contributed by atoms with van der Waals surface area (Å²) >= 11 is 13.0. The molecule has 19 heavy (non-hydrogen) atoms. The molecule has 0 spiro atoms. The van der Waals surface area contributed by atoms with Crippen molar-refractivity contribution in [2.24, 2.45) is 5.73 Å². The van der Waals surface area contributed by atoms with E-state index in [4.69, 9.17) is 29.6 Å². The van der Waals surface area contributed by atoms with E-state index in [0.29, 0.717) is 10.6 Å². The molecule has 0 atom stereocenters. The number of thiocarbonyl (C=S) groups is 1. The predicted octanol–water partition coefficient (Wildman–Crippen LogP) is 4.46. The fourth-order valence-electron chi connectivity index (χ4n) is 1.54. The maximum absolute atomic E-state index is 13.0. The van der Waals surface area contributed by atoms with E-state index in [-0.39, 0.29) is 10.8 Å². The zero-order valence-electron chi connectivity index (χ0n) is 9.58. The lowest BCUT2D eigenvalue weighted by atomic mass is 10.2. The van der Waals surface area contributed by atoms with E-state index in [1.165, 1.54) is 12.1 Å². The lowest BCUT2D eigenvalue weighted by Gasteiger charge is -2.10. The highest BCUT2D eigenvalue weighted by atomic mass is 127. The molecule has 0 fully saturated rings. The first kappa shape index (κ1) is 14.5. The molecule has 0 saturated heterocycles. The number of benzene rings is 2. The summed E-state index contributed by atoms with van der Waals surface area (Å²) in [5.41, 5.74) is 7.77. The largest absolute Gasteiger partial charge is 0.389 e. The van der Waals surface area contributed by atoms with Gasteiger partial charge < -0.3 is 11.1 Å². The van der Waals surface area contributed by atoms with Gasteiger partial charge in [0.2, 0.25) is 0 Å². The minimum Gasteiger partial charge on any atom is -0.389 e. The molecule has 0 bridgehead atoms. The van der Waals surface area contributed by atoms with Crippen LogP contribution in [0.4, 0.5) is 15.8 Å². The Morgan fingerprint density at radius 3 is 2.58 bits per heavy atom. The van der Waals surface area contributed by atoms with Crippen LogP contribution in [0, 0.1) is 9.39 Å². The Morgan fingerprint density at radius 2 is 2.00 bits per heavy atom. The molecule has 3 N–H and O–H groups in total. The van der Waals surface area contributed by atoms with Gasteiger partial charge in [0, 0.05) is 14.8 Å². The number of nitrogens with one attached hydrogen (secondary N) is 1. The van der Waals surface area contributed by atoms with Crippen LogP contribution in [0.15, 0.2) is 36.4 Å². The van der Waals surface area contributed by atoms with E-state index in [2.05, 4.69) is 27.9 Å². The second-order valence-electron chi connectivity index (χ2n) is 3.81. The molecule has 0 aliphatic heterocycles. The lowest BCUT2D eigenvalue weighted by molar-refractivity contribution is 0.627. The molecule has 6 heteroatoms. The first-order chi connectivity index (χ1) is 8.97. The molecule has 2 aromatic carbocycles. The van der Waals surface area contributed by atoms with Gasteiger partial charge in [-0.15, -0.1) is 0 Å². The van der Waals surface area contributed by atoms with Crippen LogP contribution in [0.25, 0.3) is 0 Å². The summed E-state index contributed by atoms with van der Waals surface area (Å²) in [7, 11) is 0. The van der Waals surface area contributed by atoms with Gasteiger partial charge >= 0.3 is 0 Å². The van der Waals surface area contributed by atoms with Crippen LogP contribution in [0.2, 0.25) is 5.02 Å². The minimum atomic E-state index is -0.267. The molecule has 0 aromatic heterocycles. The number of anilines is 2. The smallest absolute Gasteiger partial charge is 0.124 e. The van der Waals surface area contributed by atoms with Gasteiger partial charge in [0.15, 0.2) is 0 Å². The van der Waals surface area contributed by atoms with E-state index < -0.39 is 0 Å². The molecular weight excluding hydrogens is 398 g/mol. The molecule has 2 nitrogen and oxygen atoms in total. The van der Waals surface area contributed by atoms with Crippen LogP contribution in [0.1, 0.15) is 5.56 Å². The van der Waals surface area contributed by atoms with Gasteiger partial charge in [-0.3, -0.25) is 0 Å². The summed E-state index contributed by atoms with van der Waals surface area (Å²) in [6.07, 6.45) is 0. The van der Waals surface area contributed by atoms with Crippen LogP contribution in [-0.4, -0.2) is 4.99 Å². The third-order valence-electron chi connectivity index (χ3n) is 2.44. The average Bonchev–Trinajstić information content (AvgIpc) is 2.32. The third kappa shape index (κ3) is 3.55. The lowest BCUT2D eigenvalue weighted by Crippen LogP contribution is -2.10. The Morgan fingerprint density at radius 1 is 1.26 bits per heavy atom. The number of nitrogens with two attached hydrogens (primary N) is 1. The van der Waals surface area contributed by atoms with E-state index >= 15 is 0 Å². The van der Waals surface area contributed by atoms with E-state index in [9.17, 15) is 4.39 Å². The molecule has 0 aliphatic rings. The van der Waals surface area contributed by atoms with Crippen molar-refractivity contribution in [1.29, 1.82) is 0 Å². The summed E-state index contributed by atoms with van der Waals surface area (Å²) in [6, 6.07) is 9.83. The van der Waals surface area contributed by atoms with Crippen LogP contribution >= 0.6 is 46.4 Å². The van der Waals surface area contributed by atoms with Gasteiger partial charge in [0.05, 0.1) is 10.7 Å². The Bertz CT molecular complexity index is 649. The standard InChI is InChI=1S/C13H9ClFIN2S/c14-10-6-8(2-3-9(10)13(17)19)18-12-4-1-7(15)5-11(12)16/h1-6,18H,(H2,17,19). The SMILES string of the molecule is NC(=S)c1ccc(Nc2ccc(F)cc2I)cc1Cl. The maximum Gasteiger partial charge on any atom is 0.124 e. The fourth-order valence-corrected chi connectivity index (χ4v) is 2.67. The van der Waals surface area contributed by atoms with Gasteiger partial charge in [-0.1, -0.05) is 23.8 Å². The Balaban J connectivity index is 2.29. The van der Waals surface area contributed by atoms with Crippen molar-refractivity contribution in [2.45, 2.75) is 0 Å². The normalized spacial score (nSPS) is 10.3. The van der Waals surface area contributed by atoms with Crippen molar-refractivity contribution in [3.8, 4) is 0 Å². The summed E-state index contributed by atoms with van der Waals surface area (Å²) in [5, 5.41) is 3.64. The second-order valence-corrected chi connectivity index (χ2v) is 5.82. The monoisotopic (exact) mass is 406 g/mol. The van der Waals surface area contributed by atoms with Crippen molar-refractivity contribution in [1.82, 2.24) is 0 Å². The Hall–Kier alpha value is -0.920. The summed E-state index contributed by atoms with van der Waals surface area (Å²) in [4.78, 5) is 0.257. The maximum atomic E-state index is 13.0. The highest BCUT2D eigenvalue weighted by molar-refractivity contribution is 14.1. The summed E-state index contributed by atoms with van der Waals surface area (Å²) < 4.78 is 13.8. The van der Waals surface area contributed by atoms with Crippen molar-refractivity contribution in [3.63, 3.8) is 0 Å². The zero-order valence-corrected chi connectivity index (χ0v) is 13.3. The Kier molecular flexibility index (Phi) is 4.59. The van der Waals surface area contributed by atoms with Crippen molar-refractivity contribution >= 4 is 62.8 Å². The quantitative estimate of drug-likeness (QED) is 0.584. The predicted molar refractivity (Wildman–Crippen MR) is 89.7 cm³/mol. The molecule has 2 aromatic rings. The number of rotatable bonds is 3. The number of halogens is 3. The van der Waals surface area contributed by atoms with E-state index in [1.807, 2.05) is 6.07 Å². The molecule has 0 saturated carbocycles. The first-order valence-corrected chi connectivity index (χ1v) is 7.15. The van der Waals surface area contributed by atoms with Crippen LogP contribution < -0.4 is 11.1 Å². The molecule has 0 heterocycles. The van der Waals surface area contributed by atoms with Gasteiger partial charge in [0.1, 0.15) is 10.8 Å². The van der Waals surface area contributed by atoms with Gasteiger partial charge in [-0.05, 0) is 59.0 Å². The molecule has 98 valence electrons. The fraction of sp³-hybridized carbons (Fsp3) is 0. The molecule has 0 amide bonds. The number of hydrogen-bond donors (Lipinski definition) is 2. The van der Waals surface area contributed by atoms with Crippen molar-refractivity contribution in [3.05, 3.63) is 56.4 Å². The zero-order chi connectivity index (χ0) is 14.0. The van der Waals surface area contributed by atoms with Crippen LogP contribution in [-0.2, 0) is 0 Å². The van der Waals surface area contributed by atoms with E-state index in [1.54, 1.807) is 18.2 Å². The molecule has 2 rings (SSSR count). The second kappa shape index (κ2) is 6.02. The van der Waals surface area contributed by atoms with Gasteiger partial charge in [0.25, 0.3) is 0 Å². The molecular formula is C13H9ClFIN2S. The van der Waals surface area contributed by atoms with E-state index in [0.717, 1.165) is 14.9 Å². The van der Waals surface area contributed by atoms with Crippen LogP contribution in [0.3, 0.4) is 0 Å². The first-order valence-electron chi connectivity index (χ1n) is 5.29. The molecule has 0 radical (unpaired) electrons. The van der Waals surface area contributed by atoms with Crippen molar-refractivity contribution < 1.29 is 4.39 Å². The molecule has 0 aliphatic carbocycles. The molecule has 0 unspecified atom stereocenters. The Labute approximate surface area is 134 Å². The third-order valence-corrected chi connectivity index (χ3v) is 3.87. The van der Waals surface area contributed by atoms with Crippen LogP contribution in [0.5, 0.6) is 0 Å².